The first-order chi connectivity index (χ1) is 28.7. The highest BCUT2D eigenvalue weighted by Crippen LogP contribution is 2.41. The first kappa shape index (κ1) is 44.5. The Kier molecular flexibility index (Phi) is 15.1. The van der Waals surface area contributed by atoms with E-state index >= 15 is 0 Å². The average molecular weight is 830 g/mol. The highest BCUT2D eigenvalue weighted by molar-refractivity contribution is 6.06. The van der Waals surface area contributed by atoms with Gasteiger partial charge in [-0.3, -0.25) is 19.2 Å². The molecule has 0 spiro atoms. The van der Waals surface area contributed by atoms with Crippen LogP contribution < -0.4 is 30.3 Å². The normalized spacial score (nSPS) is 16.9. The van der Waals surface area contributed by atoms with Crippen LogP contribution in [0.2, 0.25) is 0 Å². The fraction of sp³-hybridized carbons (Fsp3) is 0.395. The van der Waals surface area contributed by atoms with Crippen LogP contribution in [0.25, 0.3) is 0 Å². The number of amides is 5. The van der Waals surface area contributed by atoms with E-state index in [1.165, 1.54) is 32.2 Å². The van der Waals surface area contributed by atoms with Gasteiger partial charge >= 0.3 is 18.2 Å². The smallest absolute Gasteiger partial charge is 0.416 e. The van der Waals surface area contributed by atoms with Gasteiger partial charge in [0, 0.05) is 18.3 Å². The number of hydrogen-bond donors (Lipinski definition) is 5. The molecule has 0 bridgehead atoms. The molecule has 5 rings (SSSR count). The minimum absolute atomic E-state index is 0.00703. The summed E-state index contributed by atoms with van der Waals surface area (Å²) in [4.78, 5) is 79.8. The van der Waals surface area contributed by atoms with Gasteiger partial charge in [-0.15, -0.1) is 0 Å². The van der Waals surface area contributed by atoms with Crippen molar-refractivity contribution in [3.8, 4) is 11.5 Å². The zero-order chi connectivity index (χ0) is 43.5. The molecule has 60 heavy (non-hydrogen) atoms. The van der Waals surface area contributed by atoms with Crippen molar-refractivity contribution in [3.05, 3.63) is 95.6 Å². The number of nitrogens with one attached hydrogen (secondary N) is 3. The molecule has 2 aliphatic rings. The van der Waals surface area contributed by atoms with E-state index in [2.05, 4.69) is 22.5 Å². The van der Waals surface area contributed by atoms with E-state index in [0.29, 0.717) is 35.3 Å². The lowest BCUT2D eigenvalue weighted by atomic mass is 10.0. The van der Waals surface area contributed by atoms with Crippen molar-refractivity contribution in [2.24, 2.45) is 5.92 Å². The second kappa shape index (κ2) is 20.4. The Bertz CT molecular complexity index is 2070. The molecule has 3 unspecified atom stereocenters. The van der Waals surface area contributed by atoms with E-state index in [-0.39, 0.29) is 60.8 Å². The molecule has 17 nitrogen and oxygen atoms in total. The van der Waals surface area contributed by atoms with E-state index in [9.17, 15) is 39.0 Å². The maximum absolute atomic E-state index is 14.0. The number of piperidine rings is 1. The van der Waals surface area contributed by atoms with Crippen molar-refractivity contribution in [3.63, 3.8) is 0 Å². The predicted octanol–water partition coefficient (Wildman–Crippen LogP) is 4.75. The van der Waals surface area contributed by atoms with Crippen LogP contribution in [-0.2, 0) is 43.5 Å². The van der Waals surface area contributed by atoms with Gasteiger partial charge < -0.3 is 50.0 Å². The summed E-state index contributed by atoms with van der Waals surface area (Å²) in [5.74, 6) is -2.37. The number of anilines is 2. The Morgan fingerprint density at radius 1 is 0.900 bits per heavy atom. The molecular weight excluding hydrogens is 778 g/mol. The topological polar surface area (TPSA) is 222 Å². The van der Waals surface area contributed by atoms with Gasteiger partial charge in [-0.1, -0.05) is 62.9 Å². The zero-order valence-corrected chi connectivity index (χ0v) is 34.0. The molecule has 1 fully saturated rings. The monoisotopic (exact) mass is 829 g/mol. The third kappa shape index (κ3) is 11.1. The summed E-state index contributed by atoms with van der Waals surface area (Å²) in [6.07, 6.45) is -0.0344. The first-order valence-electron chi connectivity index (χ1n) is 19.5. The highest BCUT2D eigenvalue weighted by Gasteiger charge is 2.44. The summed E-state index contributed by atoms with van der Waals surface area (Å²) in [6.45, 7) is 8.58. The summed E-state index contributed by atoms with van der Waals surface area (Å²) in [7, 11) is 1.41. The van der Waals surface area contributed by atoms with E-state index in [1.807, 2.05) is 0 Å². The van der Waals surface area contributed by atoms with Crippen LogP contribution in [0.4, 0.5) is 21.0 Å². The molecule has 2 aliphatic heterocycles. The quantitative estimate of drug-likeness (QED) is 0.124. The Hall–Kier alpha value is -6.62. The molecule has 1 saturated heterocycles. The summed E-state index contributed by atoms with van der Waals surface area (Å²) in [5, 5.41) is 28.8. The average Bonchev–Trinajstić information content (AvgIpc) is 3.31. The van der Waals surface area contributed by atoms with Crippen LogP contribution in [0.3, 0.4) is 0 Å². The van der Waals surface area contributed by atoms with Crippen molar-refractivity contribution < 1.29 is 57.9 Å². The second-order valence-electron chi connectivity index (χ2n) is 14.8. The highest BCUT2D eigenvalue weighted by atomic mass is 16.6. The van der Waals surface area contributed by atoms with Gasteiger partial charge in [0.25, 0.3) is 5.91 Å². The number of alkyl carbamates (subject to hydrolysis) is 1. The Balaban J connectivity index is 1.28. The van der Waals surface area contributed by atoms with Gasteiger partial charge in [-0.25, -0.2) is 14.5 Å². The second-order valence-corrected chi connectivity index (χ2v) is 14.8. The van der Waals surface area contributed by atoms with Gasteiger partial charge in [-0.2, -0.15) is 0 Å². The molecule has 3 aromatic carbocycles. The molecule has 5 amide bonds. The van der Waals surface area contributed by atoms with Gasteiger partial charge in [0.15, 0.2) is 17.7 Å². The number of carboxylic acid groups (broad SMARTS) is 1. The van der Waals surface area contributed by atoms with Crippen molar-refractivity contribution in [2.45, 2.75) is 84.0 Å². The molecule has 320 valence electrons. The third-order valence-electron chi connectivity index (χ3n) is 10.0. The molecule has 0 aromatic heterocycles. The number of nitrogens with zero attached hydrogens (tertiary/aromatic N) is 2. The van der Waals surface area contributed by atoms with Crippen LogP contribution in [0, 0.1) is 5.92 Å². The van der Waals surface area contributed by atoms with Crippen LogP contribution in [-0.4, -0.2) is 95.6 Å². The number of aliphatic carboxylic acids is 1. The number of carbonyl (C=O) groups is 6. The number of methoxy groups -OCH3 is 1. The van der Waals surface area contributed by atoms with Crippen LogP contribution in [0.15, 0.2) is 73.3 Å². The van der Waals surface area contributed by atoms with E-state index in [4.69, 9.17) is 18.9 Å². The van der Waals surface area contributed by atoms with Crippen molar-refractivity contribution >= 4 is 47.3 Å². The minimum atomic E-state index is -1.46. The maximum Gasteiger partial charge on any atom is 0.416 e. The maximum atomic E-state index is 14.0. The van der Waals surface area contributed by atoms with E-state index in [0.717, 1.165) is 17.7 Å². The summed E-state index contributed by atoms with van der Waals surface area (Å²) in [6, 6.07) is 13.6. The fourth-order valence-corrected chi connectivity index (χ4v) is 6.91. The number of carboxylic acids is 1. The molecule has 4 atom stereocenters. The molecule has 17 heteroatoms. The summed E-state index contributed by atoms with van der Waals surface area (Å²) < 4.78 is 22.4. The lowest BCUT2D eigenvalue weighted by molar-refractivity contribution is -0.136. The summed E-state index contributed by atoms with van der Waals surface area (Å²) in [5.41, 5.74) is 2.37. The number of carbonyl (C=O) groups excluding carboxylic acids is 5. The molecule has 3 aromatic rings. The van der Waals surface area contributed by atoms with Gasteiger partial charge in [0.2, 0.25) is 11.8 Å². The van der Waals surface area contributed by atoms with Crippen LogP contribution in [0.1, 0.15) is 67.1 Å². The number of aliphatic hydroxyl groups is 1. The van der Waals surface area contributed by atoms with Gasteiger partial charge in [-0.05, 0) is 67.0 Å². The Labute approximate surface area is 347 Å². The molecule has 0 aliphatic carbocycles. The SMILES string of the molecule is C=CCOC(=O)NC(C(=O)NC(C)C(=O)Nc1ccc(COC(=O)N2c3cc(OCc4cccc(CC(=O)O)c4)c(OC)cc3C(=O)N3CCCC[C@H]3C2O)cc1)C(C)C. The molecule has 5 N–H and O–H groups in total. The predicted molar refractivity (Wildman–Crippen MR) is 218 cm³/mol. The van der Waals surface area contributed by atoms with Crippen molar-refractivity contribution in [2.75, 3.05) is 30.5 Å². The number of aliphatic hydroxyl groups excluding tert-OH is 1. The molecular formula is C43H51N5O12. The van der Waals surface area contributed by atoms with Crippen LogP contribution in [0.5, 0.6) is 11.5 Å². The van der Waals surface area contributed by atoms with E-state index in [1.54, 1.807) is 67.3 Å². The largest absolute Gasteiger partial charge is 0.493 e. The lowest BCUT2D eigenvalue weighted by Gasteiger charge is -2.38. The lowest BCUT2D eigenvalue weighted by Crippen LogP contribution is -2.55. The number of fused-ring (bicyclic) bond motifs is 2. The molecule has 0 radical (unpaired) electrons. The standard InChI is InChI=1S/C43H51N5O12/c1-6-18-58-42(55)46-37(25(2)3)39(52)44-26(4)38(51)45-30-15-13-27(14-16-30)23-60-43(56)48-33-22-35(59-24-29-11-9-10-28(19-29)20-36(49)50)34(57-5)21-31(33)40(53)47-17-8-7-12-32(47)41(48)54/h6,9-11,13-16,19,21-22,25-26,32,37,41,54H,1,7-8,12,17-18,20,23-24H2,2-5H3,(H,44,52)(H,45,51)(H,46,55)(H,49,50)/t26?,32-,37?,41?/m0/s1. The summed E-state index contributed by atoms with van der Waals surface area (Å²) >= 11 is 0. The van der Waals surface area contributed by atoms with Crippen LogP contribution >= 0.6 is 0 Å². The zero-order valence-electron chi connectivity index (χ0n) is 34.0. The minimum Gasteiger partial charge on any atom is -0.493 e. The van der Waals surface area contributed by atoms with Crippen molar-refractivity contribution in [1.82, 2.24) is 15.5 Å². The number of benzene rings is 3. The number of rotatable bonds is 16. The number of ether oxygens (including phenoxy) is 4. The Morgan fingerprint density at radius 2 is 1.63 bits per heavy atom. The van der Waals surface area contributed by atoms with Crippen molar-refractivity contribution in [1.29, 1.82) is 0 Å². The van der Waals surface area contributed by atoms with E-state index < -0.39 is 54.3 Å². The third-order valence-corrected chi connectivity index (χ3v) is 10.0. The fourth-order valence-electron chi connectivity index (χ4n) is 6.91. The van der Waals surface area contributed by atoms with Gasteiger partial charge in [0.05, 0.1) is 30.8 Å². The Morgan fingerprint density at radius 3 is 2.32 bits per heavy atom. The first-order valence-corrected chi connectivity index (χ1v) is 19.5. The molecule has 2 heterocycles. The molecule has 0 saturated carbocycles. The number of hydrogen-bond acceptors (Lipinski definition) is 11. The van der Waals surface area contributed by atoms with Gasteiger partial charge in [0.1, 0.15) is 31.9 Å².